The lowest BCUT2D eigenvalue weighted by molar-refractivity contribution is -0.171. The zero-order valence-electron chi connectivity index (χ0n) is 41.9. The van der Waals surface area contributed by atoms with Crippen molar-refractivity contribution in [3.63, 3.8) is 0 Å². The van der Waals surface area contributed by atoms with E-state index in [1.165, 1.54) is 64.2 Å². The molecule has 0 radical (unpaired) electrons. The molecule has 0 saturated heterocycles. The van der Waals surface area contributed by atoms with Crippen LogP contribution < -0.4 is 14.2 Å². The van der Waals surface area contributed by atoms with Crippen molar-refractivity contribution >= 4 is 53.2 Å². The standard InChI is InChI=1S/C33H44O5S.C25H30O3S/c1-23-21-25(22-24(2)30(23)37-33(6,7)31(35)38-32(3,4)5)13-18-29(34)26-14-16-27(17-15-26)36-19-20-39-28-11-9-8-10-12-28;1-18-16-20(17-19(2)25(18)27)8-13-24(26)21-9-11-22(12-10-21)28-14-15-29-23-6-4-3-5-7-23/h13-18,21-22,28H,8-12,19-20H2,1-7H3;8-13,16-17,23,27H,3-7,14-15H2,1-2H3/b18-13+;13-8+. The van der Waals surface area contributed by atoms with Gasteiger partial charge in [-0.05, 0) is 206 Å². The summed E-state index contributed by atoms with van der Waals surface area (Å²) in [4.78, 5) is 37.8. The van der Waals surface area contributed by atoms with Crippen LogP contribution >= 0.6 is 23.5 Å². The quantitative estimate of drug-likeness (QED) is 0.0422. The van der Waals surface area contributed by atoms with Crippen molar-refractivity contribution in [3.8, 4) is 23.0 Å². The van der Waals surface area contributed by atoms with Gasteiger partial charge in [-0.2, -0.15) is 23.5 Å². The third kappa shape index (κ3) is 17.9. The summed E-state index contributed by atoms with van der Waals surface area (Å²) in [7, 11) is 0. The third-order valence-corrected chi connectivity index (χ3v) is 14.6. The number of benzene rings is 4. The molecule has 6 rings (SSSR count). The number of allylic oxidation sites excluding steroid dienone is 2. The number of phenolic OH excluding ortho intramolecular Hbond substituents is 1. The molecule has 0 bridgehead atoms. The summed E-state index contributed by atoms with van der Waals surface area (Å²) in [5, 5.41) is 11.4. The number of ketones is 2. The number of phenols is 1. The van der Waals surface area contributed by atoms with Crippen molar-refractivity contribution in [2.75, 3.05) is 24.7 Å². The number of rotatable bonds is 19. The van der Waals surface area contributed by atoms with Gasteiger partial charge in [-0.3, -0.25) is 9.59 Å². The Morgan fingerprint density at radius 2 is 0.971 bits per heavy atom. The molecule has 0 aliphatic heterocycles. The second kappa shape index (κ2) is 26.2. The Morgan fingerprint density at radius 3 is 1.35 bits per heavy atom. The zero-order valence-corrected chi connectivity index (χ0v) is 43.5. The molecule has 0 amide bonds. The molecule has 10 heteroatoms. The summed E-state index contributed by atoms with van der Waals surface area (Å²) in [5.74, 6) is 4.01. The predicted molar refractivity (Wildman–Crippen MR) is 283 cm³/mol. The van der Waals surface area contributed by atoms with Gasteiger partial charge in [0.15, 0.2) is 17.2 Å². The highest BCUT2D eigenvalue weighted by Gasteiger charge is 2.35. The summed E-state index contributed by atoms with van der Waals surface area (Å²) >= 11 is 4.05. The van der Waals surface area contributed by atoms with Crippen LogP contribution in [0.1, 0.15) is 153 Å². The van der Waals surface area contributed by atoms with Crippen LogP contribution in [0.2, 0.25) is 0 Å². The van der Waals surface area contributed by atoms with Crippen molar-refractivity contribution < 1.29 is 38.4 Å². The molecule has 0 atom stereocenters. The Morgan fingerprint density at radius 1 is 0.588 bits per heavy atom. The van der Waals surface area contributed by atoms with E-state index in [1.54, 1.807) is 38.2 Å². The first-order valence-corrected chi connectivity index (χ1v) is 26.4. The van der Waals surface area contributed by atoms with Crippen molar-refractivity contribution in [1.82, 2.24) is 0 Å². The average Bonchev–Trinajstić information content (AvgIpc) is 3.31. The predicted octanol–water partition coefficient (Wildman–Crippen LogP) is 14.5. The summed E-state index contributed by atoms with van der Waals surface area (Å²) in [5.41, 5.74) is 4.67. The number of hydrogen-bond donors (Lipinski definition) is 1. The highest BCUT2D eigenvalue weighted by molar-refractivity contribution is 8.00. The lowest BCUT2D eigenvalue weighted by Gasteiger charge is -2.30. The van der Waals surface area contributed by atoms with Gasteiger partial charge in [0, 0.05) is 33.1 Å². The smallest absolute Gasteiger partial charge is 0.350 e. The van der Waals surface area contributed by atoms with Crippen LogP contribution in [0.15, 0.2) is 84.9 Å². The summed E-state index contributed by atoms with van der Waals surface area (Å²) in [6.07, 6.45) is 20.3. The molecule has 2 aliphatic carbocycles. The fraction of sp³-hybridized carbons (Fsp3) is 0.466. The first-order valence-electron chi connectivity index (χ1n) is 24.3. The minimum absolute atomic E-state index is 0.0483. The van der Waals surface area contributed by atoms with E-state index < -0.39 is 17.2 Å². The van der Waals surface area contributed by atoms with Crippen LogP contribution in [0.5, 0.6) is 23.0 Å². The van der Waals surface area contributed by atoms with Crippen LogP contribution in [0.3, 0.4) is 0 Å². The first kappa shape index (κ1) is 54.0. The first-order chi connectivity index (χ1) is 32.4. The summed E-state index contributed by atoms with van der Waals surface area (Å²) in [6, 6.07) is 22.3. The van der Waals surface area contributed by atoms with Gasteiger partial charge in [0.05, 0.1) is 13.2 Å². The monoisotopic (exact) mass is 962 g/mol. The fourth-order valence-electron chi connectivity index (χ4n) is 8.20. The van der Waals surface area contributed by atoms with E-state index in [2.05, 4.69) is 0 Å². The van der Waals surface area contributed by atoms with Crippen molar-refractivity contribution in [2.24, 2.45) is 0 Å². The van der Waals surface area contributed by atoms with E-state index >= 15 is 0 Å². The molecule has 4 aromatic carbocycles. The molecule has 0 spiro atoms. The Balaban J connectivity index is 0.000000265. The molecule has 8 nitrogen and oxygen atoms in total. The van der Waals surface area contributed by atoms with Crippen LogP contribution in [0, 0.1) is 27.7 Å². The van der Waals surface area contributed by atoms with Crippen LogP contribution in [0.25, 0.3) is 12.2 Å². The Labute approximate surface area is 415 Å². The van der Waals surface area contributed by atoms with Crippen molar-refractivity contribution in [2.45, 2.75) is 148 Å². The number of carbonyl (C=O) groups is 3. The number of ether oxygens (including phenoxy) is 4. The van der Waals surface area contributed by atoms with E-state index in [0.717, 1.165) is 66.9 Å². The minimum Gasteiger partial charge on any atom is -0.507 e. The molecule has 1 N–H and O–H groups in total. The lowest BCUT2D eigenvalue weighted by Crippen LogP contribution is -2.43. The van der Waals surface area contributed by atoms with Crippen LogP contribution in [-0.2, 0) is 9.53 Å². The highest BCUT2D eigenvalue weighted by atomic mass is 32.2. The lowest BCUT2D eigenvalue weighted by atomic mass is 10.0. The topological polar surface area (TPSA) is 108 Å². The summed E-state index contributed by atoms with van der Waals surface area (Å²) < 4.78 is 23.3. The van der Waals surface area contributed by atoms with E-state index in [9.17, 15) is 19.5 Å². The second-order valence-electron chi connectivity index (χ2n) is 19.5. The van der Waals surface area contributed by atoms with Gasteiger partial charge < -0.3 is 24.1 Å². The Bertz CT molecular complexity index is 2280. The van der Waals surface area contributed by atoms with Crippen molar-refractivity contribution in [1.29, 1.82) is 0 Å². The molecule has 4 aromatic rings. The van der Waals surface area contributed by atoms with Crippen LogP contribution in [-0.4, -0.2) is 69.1 Å². The van der Waals surface area contributed by atoms with E-state index in [0.29, 0.717) is 35.8 Å². The Kier molecular flexibility index (Phi) is 20.8. The molecular formula is C58H74O8S2. The summed E-state index contributed by atoms with van der Waals surface area (Å²) in [6.45, 7) is 17.9. The average molecular weight is 963 g/mol. The molecule has 2 saturated carbocycles. The maximum Gasteiger partial charge on any atom is 0.350 e. The van der Waals surface area contributed by atoms with Crippen molar-refractivity contribution in [3.05, 3.63) is 129 Å². The molecule has 366 valence electrons. The fourth-order valence-corrected chi connectivity index (χ4v) is 10.6. The van der Waals surface area contributed by atoms with E-state index in [4.69, 9.17) is 18.9 Å². The zero-order chi connectivity index (χ0) is 49.3. The number of carbonyl (C=O) groups excluding carboxylic acids is 3. The van der Waals surface area contributed by atoms with Crippen LogP contribution in [0.4, 0.5) is 0 Å². The second-order valence-corrected chi connectivity index (χ2v) is 22.3. The number of aromatic hydroxyl groups is 1. The van der Waals surface area contributed by atoms with Gasteiger partial charge in [0.25, 0.3) is 0 Å². The molecule has 0 aromatic heterocycles. The van der Waals surface area contributed by atoms with Gasteiger partial charge in [-0.15, -0.1) is 0 Å². The number of esters is 1. The maximum atomic E-state index is 12.8. The largest absolute Gasteiger partial charge is 0.507 e. The molecule has 68 heavy (non-hydrogen) atoms. The number of hydrogen-bond acceptors (Lipinski definition) is 10. The molecule has 2 fully saturated rings. The number of aryl methyl sites for hydroxylation is 4. The third-order valence-electron chi connectivity index (χ3n) is 11.9. The van der Waals surface area contributed by atoms with Gasteiger partial charge in [0.2, 0.25) is 0 Å². The SMILES string of the molecule is Cc1cc(/C=C/C(=O)c2ccc(OCCSC3CCCCC3)cc2)cc(C)c1O.Cc1cc(/C=C/C(=O)c2ccc(OCCSC3CCCCC3)cc2)cc(C)c1OC(C)(C)C(=O)OC(C)(C)C. The normalized spacial score (nSPS) is 14.9. The highest BCUT2D eigenvalue weighted by Crippen LogP contribution is 2.32. The number of thioether (sulfide) groups is 2. The van der Waals surface area contributed by atoms with E-state index in [1.807, 2.05) is 145 Å². The van der Waals surface area contributed by atoms with Gasteiger partial charge in [-0.1, -0.05) is 50.7 Å². The van der Waals surface area contributed by atoms with Gasteiger partial charge in [-0.25, -0.2) is 4.79 Å². The Hall–Kier alpha value is -4.93. The molecular weight excluding hydrogens is 889 g/mol. The molecule has 0 heterocycles. The van der Waals surface area contributed by atoms with Gasteiger partial charge >= 0.3 is 5.97 Å². The maximum absolute atomic E-state index is 12.8. The molecule has 2 aliphatic rings. The van der Waals surface area contributed by atoms with E-state index in [-0.39, 0.29) is 11.6 Å². The minimum atomic E-state index is -1.14. The molecule has 0 unspecified atom stereocenters. The van der Waals surface area contributed by atoms with Gasteiger partial charge in [0.1, 0.15) is 28.6 Å².